The first-order valence-corrected chi connectivity index (χ1v) is 17.1. The van der Waals surface area contributed by atoms with Gasteiger partial charge < -0.3 is 24.4 Å². The van der Waals surface area contributed by atoms with Crippen LogP contribution in [-0.4, -0.2) is 115 Å². The van der Waals surface area contributed by atoms with Crippen LogP contribution in [0.2, 0.25) is 0 Å². The number of phenols is 1. The number of anilines is 1. The third kappa shape index (κ3) is 5.60. The van der Waals surface area contributed by atoms with Gasteiger partial charge >= 0.3 is 6.03 Å². The molecule has 1 N–H and O–H groups in total. The van der Waals surface area contributed by atoms with Crippen LogP contribution in [0, 0.1) is 5.92 Å². The van der Waals surface area contributed by atoms with Gasteiger partial charge in [-0.2, -0.15) is 0 Å². The van der Waals surface area contributed by atoms with Gasteiger partial charge in [-0.3, -0.25) is 19.5 Å². The number of aromatic hydroxyl groups is 1. The van der Waals surface area contributed by atoms with E-state index in [9.17, 15) is 14.7 Å². The highest BCUT2D eigenvalue weighted by Crippen LogP contribution is 2.56. The van der Waals surface area contributed by atoms with Crippen LogP contribution in [0.5, 0.6) is 11.5 Å². The number of amides is 3. The van der Waals surface area contributed by atoms with Crippen molar-refractivity contribution in [2.45, 2.75) is 44.3 Å². The molecule has 4 heterocycles. The number of hydrogen-bond donors (Lipinski definition) is 1. The lowest BCUT2D eigenvalue weighted by Gasteiger charge is -2.32. The van der Waals surface area contributed by atoms with Gasteiger partial charge in [0.1, 0.15) is 5.54 Å². The molecule has 1 spiro atoms. The van der Waals surface area contributed by atoms with Crippen molar-refractivity contribution in [1.82, 2.24) is 19.6 Å². The number of rotatable bonds is 11. The minimum Gasteiger partial charge on any atom is -0.504 e. The number of unbranched alkanes of at least 4 members (excludes halogenated alkanes) is 1. The molecule has 47 heavy (non-hydrogen) atoms. The zero-order valence-corrected chi connectivity index (χ0v) is 27.9. The van der Waals surface area contributed by atoms with Gasteiger partial charge in [-0.1, -0.05) is 49.7 Å². The number of hydrogen-bond acceptors (Lipinski definition) is 8. The van der Waals surface area contributed by atoms with Gasteiger partial charge in [0.25, 0.3) is 5.91 Å². The van der Waals surface area contributed by atoms with Crippen LogP contribution >= 0.6 is 0 Å². The third-order valence-electron chi connectivity index (χ3n) is 10.6. The zero-order chi connectivity index (χ0) is 32.7. The number of imide groups is 1. The maximum absolute atomic E-state index is 14.6. The molecule has 10 nitrogen and oxygen atoms in total. The average molecular weight is 642 g/mol. The molecule has 3 atom stereocenters. The zero-order valence-electron chi connectivity index (χ0n) is 27.9. The molecule has 4 saturated heterocycles. The first kappa shape index (κ1) is 31.7. The quantitative estimate of drug-likeness (QED) is 0.238. The minimum absolute atomic E-state index is 0.00475. The molecule has 4 aliphatic heterocycles. The number of benzene rings is 3. The van der Waals surface area contributed by atoms with Gasteiger partial charge in [-0.25, -0.2) is 4.79 Å². The lowest BCUT2D eigenvalue weighted by Crippen LogP contribution is -2.51. The smallest absolute Gasteiger partial charge is 0.328 e. The fourth-order valence-electron chi connectivity index (χ4n) is 8.30. The van der Waals surface area contributed by atoms with Crippen LogP contribution in [0.15, 0.2) is 54.6 Å². The van der Waals surface area contributed by atoms with Crippen molar-refractivity contribution in [3.05, 3.63) is 65.7 Å². The Morgan fingerprint density at radius 3 is 2.53 bits per heavy atom. The Morgan fingerprint density at radius 2 is 1.79 bits per heavy atom. The highest BCUT2D eigenvalue weighted by molar-refractivity contribution is 6.09. The average Bonchev–Trinajstić information content (AvgIpc) is 3.65. The second kappa shape index (κ2) is 13.0. The van der Waals surface area contributed by atoms with Crippen LogP contribution in [0.25, 0.3) is 10.8 Å². The normalized spacial score (nSPS) is 24.7. The molecule has 10 heteroatoms. The summed E-state index contributed by atoms with van der Waals surface area (Å²) in [5.41, 5.74) is 2.27. The Kier molecular flexibility index (Phi) is 8.76. The van der Waals surface area contributed by atoms with Gasteiger partial charge in [0.15, 0.2) is 11.5 Å². The standard InChI is InChI=1S/C37H47N5O5/c1-4-5-18-47-34-13-10-26(21-33(34)43)23-40-24-27-22-32(30-11-12-31(38(2)3)29-9-7-6-8-28(29)30)42-36(45)41(35(44)37(27,42)25-40)15-14-39-16-19-46-20-17-39/h6-13,21,27,32,43H,4-5,14-20,22-25H2,1-3H3/t27-,32?,37+/m1/s1. The molecule has 3 aromatic carbocycles. The summed E-state index contributed by atoms with van der Waals surface area (Å²) in [7, 11) is 4.10. The summed E-state index contributed by atoms with van der Waals surface area (Å²) in [5.74, 6) is 0.553. The van der Waals surface area contributed by atoms with E-state index in [1.165, 1.54) is 4.90 Å². The van der Waals surface area contributed by atoms with Crippen LogP contribution < -0.4 is 9.64 Å². The molecule has 4 fully saturated rings. The van der Waals surface area contributed by atoms with Crippen molar-refractivity contribution in [3.8, 4) is 11.5 Å². The molecular formula is C37H47N5O5. The van der Waals surface area contributed by atoms with E-state index in [1.807, 2.05) is 31.1 Å². The van der Waals surface area contributed by atoms with E-state index in [-0.39, 0.29) is 29.6 Å². The van der Waals surface area contributed by atoms with Gasteiger partial charge in [0.2, 0.25) is 0 Å². The highest BCUT2D eigenvalue weighted by Gasteiger charge is 2.70. The summed E-state index contributed by atoms with van der Waals surface area (Å²) in [6.45, 7) is 8.42. The topological polar surface area (TPSA) is 89.0 Å². The molecule has 3 amide bonds. The third-order valence-corrected chi connectivity index (χ3v) is 10.6. The number of carbonyl (C=O) groups excluding carboxylic acids is 2. The fraction of sp³-hybridized carbons (Fsp3) is 0.514. The van der Waals surface area contributed by atoms with Crippen molar-refractivity contribution in [2.75, 3.05) is 78.1 Å². The maximum atomic E-state index is 14.6. The van der Waals surface area contributed by atoms with Crippen molar-refractivity contribution in [1.29, 1.82) is 0 Å². The van der Waals surface area contributed by atoms with E-state index >= 15 is 0 Å². The van der Waals surface area contributed by atoms with Gasteiger partial charge in [0, 0.05) is 76.9 Å². The van der Waals surface area contributed by atoms with E-state index in [1.54, 1.807) is 6.07 Å². The molecule has 0 saturated carbocycles. The lowest BCUT2D eigenvalue weighted by atomic mass is 9.87. The van der Waals surface area contributed by atoms with Crippen LogP contribution in [-0.2, 0) is 16.1 Å². The van der Waals surface area contributed by atoms with Crippen molar-refractivity contribution in [2.24, 2.45) is 5.92 Å². The Balaban J connectivity index is 1.19. The molecule has 1 unspecified atom stereocenters. The predicted octanol–water partition coefficient (Wildman–Crippen LogP) is 4.70. The summed E-state index contributed by atoms with van der Waals surface area (Å²) < 4.78 is 11.3. The molecule has 0 bridgehead atoms. The Labute approximate surface area is 277 Å². The first-order valence-electron chi connectivity index (χ1n) is 17.1. The van der Waals surface area contributed by atoms with Crippen molar-refractivity contribution >= 4 is 28.4 Å². The van der Waals surface area contributed by atoms with E-state index in [4.69, 9.17) is 9.47 Å². The van der Waals surface area contributed by atoms with Crippen LogP contribution in [0.1, 0.15) is 43.4 Å². The Morgan fingerprint density at radius 1 is 1.00 bits per heavy atom. The minimum atomic E-state index is -0.917. The largest absolute Gasteiger partial charge is 0.504 e. The highest BCUT2D eigenvalue weighted by atomic mass is 16.5. The second-order valence-corrected chi connectivity index (χ2v) is 13.7. The Bertz CT molecular complexity index is 1640. The molecule has 7 rings (SSSR count). The Hall–Kier alpha value is -3.86. The maximum Gasteiger partial charge on any atom is 0.328 e. The number of likely N-dealkylation sites (tertiary alicyclic amines) is 1. The number of carbonyl (C=O) groups is 2. The number of fused-ring (bicyclic) bond motifs is 1. The van der Waals surface area contributed by atoms with Gasteiger partial charge in [-0.05, 0) is 47.6 Å². The monoisotopic (exact) mass is 641 g/mol. The van der Waals surface area contributed by atoms with E-state index < -0.39 is 5.54 Å². The summed E-state index contributed by atoms with van der Waals surface area (Å²) in [5, 5.41) is 13.0. The SMILES string of the molecule is CCCCOc1ccc(CN2C[C@H]3CC(c4ccc(N(C)C)c5ccccc45)N4C(=O)N(CCN5CCOCC5)C(=O)[C@]34C2)cc1O. The number of morpholine rings is 1. The molecule has 0 aromatic heterocycles. The number of nitrogens with zero attached hydrogens (tertiary/aromatic N) is 5. The number of urea groups is 1. The summed E-state index contributed by atoms with van der Waals surface area (Å²) in [4.78, 5) is 39.2. The lowest BCUT2D eigenvalue weighted by molar-refractivity contribution is -0.133. The predicted molar refractivity (Wildman–Crippen MR) is 182 cm³/mol. The molecular weight excluding hydrogens is 594 g/mol. The molecule has 250 valence electrons. The number of ether oxygens (including phenoxy) is 2. The summed E-state index contributed by atoms with van der Waals surface area (Å²) in [6, 6.07) is 17.9. The molecule has 0 radical (unpaired) electrons. The van der Waals surface area contributed by atoms with E-state index in [2.05, 4.69) is 58.0 Å². The fourth-order valence-corrected chi connectivity index (χ4v) is 8.30. The van der Waals surface area contributed by atoms with Crippen molar-refractivity contribution < 1.29 is 24.2 Å². The van der Waals surface area contributed by atoms with Crippen LogP contribution in [0.3, 0.4) is 0 Å². The molecule has 3 aromatic rings. The van der Waals surface area contributed by atoms with Crippen molar-refractivity contribution in [3.63, 3.8) is 0 Å². The van der Waals surface area contributed by atoms with Gasteiger partial charge in [0.05, 0.1) is 25.9 Å². The van der Waals surface area contributed by atoms with Gasteiger partial charge in [-0.15, -0.1) is 0 Å². The summed E-state index contributed by atoms with van der Waals surface area (Å²) in [6.07, 6.45) is 2.69. The summed E-state index contributed by atoms with van der Waals surface area (Å²) >= 11 is 0. The molecule has 4 aliphatic rings. The number of phenolic OH excluding ortho intramolecular Hbond substituents is 1. The van der Waals surface area contributed by atoms with E-state index in [0.29, 0.717) is 58.3 Å². The second-order valence-electron chi connectivity index (χ2n) is 13.7. The van der Waals surface area contributed by atoms with Crippen LogP contribution in [0.4, 0.5) is 10.5 Å². The first-order chi connectivity index (χ1) is 22.8. The molecule has 0 aliphatic carbocycles. The van der Waals surface area contributed by atoms with E-state index in [0.717, 1.165) is 59.9 Å².